The molecule has 0 aliphatic heterocycles. The first-order chi connectivity index (χ1) is 7.20. The summed E-state index contributed by atoms with van der Waals surface area (Å²) in [7, 11) is 1.92. The number of nitrogens with zero attached hydrogens (tertiary/aromatic N) is 4. The van der Waals surface area contributed by atoms with Gasteiger partial charge in [0.25, 0.3) is 0 Å². The molecule has 0 aromatic carbocycles. The van der Waals surface area contributed by atoms with Crippen LogP contribution in [-0.2, 0) is 0 Å². The molecule has 1 aromatic heterocycles. The Kier molecular flexibility index (Phi) is 4.68. The third kappa shape index (κ3) is 2.99. The predicted molar refractivity (Wildman–Crippen MR) is 59.5 cm³/mol. The van der Waals surface area contributed by atoms with Crippen molar-refractivity contribution in [2.45, 2.75) is 52.1 Å². The minimum Gasteiger partial charge on any atom is -0.311 e. The van der Waals surface area contributed by atoms with Crippen molar-refractivity contribution in [1.82, 2.24) is 25.5 Å². The van der Waals surface area contributed by atoms with Gasteiger partial charge in [0.05, 0.1) is 12.1 Å². The molecule has 0 saturated carbocycles. The molecule has 0 aliphatic carbocycles. The fraction of sp³-hybridized carbons (Fsp3) is 0.900. The van der Waals surface area contributed by atoms with Crippen molar-refractivity contribution in [2.24, 2.45) is 0 Å². The van der Waals surface area contributed by atoms with Gasteiger partial charge in [-0.25, -0.2) is 4.68 Å². The molecule has 0 amide bonds. The van der Waals surface area contributed by atoms with Gasteiger partial charge in [0.1, 0.15) is 0 Å². The quantitative estimate of drug-likeness (QED) is 0.778. The molecule has 86 valence electrons. The van der Waals surface area contributed by atoms with Crippen LogP contribution in [0.1, 0.15) is 57.9 Å². The lowest BCUT2D eigenvalue weighted by atomic mass is 10.1. The number of hydrogen-bond donors (Lipinski definition) is 1. The molecule has 5 nitrogen and oxygen atoms in total. The smallest absolute Gasteiger partial charge is 0.168 e. The third-order valence-corrected chi connectivity index (χ3v) is 2.73. The summed E-state index contributed by atoms with van der Waals surface area (Å²) in [5.74, 6) is 0.918. The van der Waals surface area contributed by atoms with E-state index >= 15 is 0 Å². The summed E-state index contributed by atoms with van der Waals surface area (Å²) >= 11 is 0. The van der Waals surface area contributed by atoms with E-state index in [0.717, 1.165) is 12.2 Å². The second kappa shape index (κ2) is 5.80. The van der Waals surface area contributed by atoms with Gasteiger partial charge in [-0.15, -0.1) is 5.10 Å². The molecule has 0 aliphatic rings. The normalized spacial score (nSPS) is 15.2. The van der Waals surface area contributed by atoms with E-state index in [1.165, 1.54) is 12.8 Å². The fourth-order valence-electron chi connectivity index (χ4n) is 1.55. The molecule has 0 saturated heterocycles. The van der Waals surface area contributed by atoms with Crippen molar-refractivity contribution in [1.29, 1.82) is 0 Å². The minimum absolute atomic E-state index is 0.198. The van der Waals surface area contributed by atoms with Crippen LogP contribution in [0.25, 0.3) is 0 Å². The molecule has 1 aromatic rings. The lowest BCUT2D eigenvalue weighted by Crippen LogP contribution is -2.20. The Balaban J connectivity index is 2.71. The zero-order valence-electron chi connectivity index (χ0n) is 10.1. The van der Waals surface area contributed by atoms with E-state index in [0.29, 0.717) is 6.04 Å². The monoisotopic (exact) mass is 211 g/mol. The molecule has 15 heavy (non-hydrogen) atoms. The van der Waals surface area contributed by atoms with Gasteiger partial charge in [-0.3, -0.25) is 0 Å². The maximum absolute atomic E-state index is 4.06. The summed E-state index contributed by atoms with van der Waals surface area (Å²) in [6.45, 7) is 6.43. The summed E-state index contributed by atoms with van der Waals surface area (Å²) in [6, 6.07) is 0.579. The standard InChI is InChI=1S/C10H21N5/c1-5-6-7-8(2)15-10(9(3)11-4)12-13-14-15/h8-9,11H,5-7H2,1-4H3. The van der Waals surface area contributed by atoms with Crippen LogP contribution < -0.4 is 5.32 Å². The first-order valence-corrected chi connectivity index (χ1v) is 5.65. The molecule has 2 unspecified atom stereocenters. The Morgan fingerprint density at radius 2 is 2.13 bits per heavy atom. The highest BCUT2D eigenvalue weighted by Gasteiger charge is 2.16. The molecule has 1 N–H and O–H groups in total. The Morgan fingerprint density at radius 1 is 1.40 bits per heavy atom. The average Bonchev–Trinajstić information content (AvgIpc) is 2.73. The number of tetrazole rings is 1. The van der Waals surface area contributed by atoms with Crippen LogP contribution in [0.15, 0.2) is 0 Å². The van der Waals surface area contributed by atoms with Gasteiger partial charge in [0.15, 0.2) is 5.82 Å². The maximum atomic E-state index is 4.06. The molecule has 0 bridgehead atoms. The number of rotatable bonds is 6. The summed E-state index contributed by atoms with van der Waals surface area (Å²) in [6.07, 6.45) is 3.56. The molecule has 0 spiro atoms. The van der Waals surface area contributed by atoms with Crippen LogP contribution in [0.3, 0.4) is 0 Å². The van der Waals surface area contributed by atoms with Crippen molar-refractivity contribution in [3.63, 3.8) is 0 Å². The fourth-order valence-corrected chi connectivity index (χ4v) is 1.55. The zero-order chi connectivity index (χ0) is 11.3. The largest absolute Gasteiger partial charge is 0.311 e. The van der Waals surface area contributed by atoms with Crippen molar-refractivity contribution in [3.8, 4) is 0 Å². The molecule has 2 atom stereocenters. The van der Waals surface area contributed by atoms with Gasteiger partial charge in [-0.05, 0) is 37.7 Å². The third-order valence-electron chi connectivity index (χ3n) is 2.73. The van der Waals surface area contributed by atoms with E-state index in [-0.39, 0.29) is 6.04 Å². The van der Waals surface area contributed by atoms with Crippen LogP contribution >= 0.6 is 0 Å². The maximum Gasteiger partial charge on any atom is 0.168 e. The highest BCUT2D eigenvalue weighted by atomic mass is 15.6. The lowest BCUT2D eigenvalue weighted by Gasteiger charge is -2.15. The van der Waals surface area contributed by atoms with Gasteiger partial charge in [0, 0.05) is 0 Å². The number of hydrogen-bond acceptors (Lipinski definition) is 4. The predicted octanol–water partition coefficient (Wildman–Crippen LogP) is 1.70. The Hall–Kier alpha value is -0.970. The lowest BCUT2D eigenvalue weighted by molar-refractivity contribution is 0.404. The van der Waals surface area contributed by atoms with Gasteiger partial charge < -0.3 is 5.32 Å². The molecule has 0 radical (unpaired) electrons. The summed E-state index contributed by atoms with van der Waals surface area (Å²) in [5.41, 5.74) is 0. The zero-order valence-corrected chi connectivity index (χ0v) is 10.1. The summed E-state index contributed by atoms with van der Waals surface area (Å²) < 4.78 is 1.93. The van der Waals surface area contributed by atoms with E-state index in [1.807, 2.05) is 11.7 Å². The van der Waals surface area contributed by atoms with Crippen LogP contribution in [0, 0.1) is 0 Å². The molecule has 0 fully saturated rings. The topological polar surface area (TPSA) is 55.6 Å². The molecular formula is C10H21N5. The first kappa shape index (κ1) is 12.1. The van der Waals surface area contributed by atoms with E-state index in [9.17, 15) is 0 Å². The number of nitrogens with one attached hydrogen (secondary N) is 1. The van der Waals surface area contributed by atoms with Crippen LogP contribution in [-0.4, -0.2) is 27.3 Å². The molecule has 5 heteroatoms. The molecule has 1 heterocycles. The van der Waals surface area contributed by atoms with Gasteiger partial charge in [-0.2, -0.15) is 0 Å². The second-order valence-electron chi connectivity index (χ2n) is 3.98. The van der Waals surface area contributed by atoms with Crippen LogP contribution in [0.5, 0.6) is 0 Å². The average molecular weight is 211 g/mol. The van der Waals surface area contributed by atoms with Crippen LogP contribution in [0.4, 0.5) is 0 Å². The second-order valence-corrected chi connectivity index (χ2v) is 3.98. The Morgan fingerprint density at radius 3 is 2.73 bits per heavy atom. The van der Waals surface area contributed by atoms with Gasteiger partial charge in [-0.1, -0.05) is 19.8 Å². The van der Waals surface area contributed by atoms with Gasteiger partial charge >= 0.3 is 0 Å². The van der Waals surface area contributed by atoms with Crippen LogP contribution in [0.2, 0.25) is 0 Å². The summed E-state index contributed by atoms with van der Waals surface area (Å²) in [4.78, 5) is 0. The highest BCUT2D eigenvalue weighted by molar-refractivity contribution is 4.90. The highest BCUT2D eigenvalue weighted by Crippen LogP contribution is 2.17. The molecule has 1 rings (SSSR count). The SMILES string of the molecule is CCCCC(C)n1nnnc1C(C)NC. The van der Waals surface area contributed by atoms with Crippen molar-refractivity contribution in [3.05, 3.63) is 5.82 Å². The van der Waals surface area contributed by atoms with E-state index < -0.39 is 0 Å². The number of aromatic nitrogens is 4. The van der Waals surface area contributed by atoms with Crippen molar-refractivity contribution < 1.29 is 0 Å². The Labute approximate surface area is 91.2 Å². The number of unbranched alkanes of at least 4 members (excludes halogenated alkanes) is 1. The Bertz CT molecular complexity index is 283. The van der Waals surface area contributed by atoms with E-state index in [2.05, 4.69) is 41.6 Å². The van der Waals surface area contributed by atoms with Gasteiger partial charge in [0.2, 0.25) is 0 Å². The van der Waals surface area contributed by atoms with E-state index in [1.54, 1.807) is 0 Å². The summed E-state index contributed by atoms with van der Waals surface area (Å²) in [5, 5.41) is 15.0. The molecular weight excluding hydrogens is 190 g/mol. The van der Waals surface area contributed by atoms with Crippen molar-refractivity contribution >= 4 is 0 Å². The van der Waals surface area contributed by atoms with Crippen molar-refractivity contribution in [2.75, 3.05) is 7.05 Å². The first-order valence-electron chi connectivity index (χ1n) is 5.65. The van der Waals surface area contributed by atoms with E-state index in [4.69, 9.17) is 0 Å². The minimum atomic E-state index is 0.198.